The van der Waals surface area contributed by atoms with Crippen LogP contribution in [0.5, 0.6) is 0 Å². The van der Waals surface area contributed by atoms with Crippen LogP contribution in [-0.2, 0) is 14.3 Å². The van der Waals surface area contributed by atoms with Crippen molar-refractivity contribution in [2.45, 2.75) is 63.4 Å². The van der Waals surface area contributed by atoms with Crippen molar-refractivity contribution in [1.82, 2.24) is 5.32 Å². The maximum atomic E-state index is 13.7. The number of allylic oxidation sites excluding steroid dienone is 3. The summed E-state index contributed by atoms with van der Waals surface area (Å²) in [5.74, 6) is -1.11. The molecule has 32 heavy (non-hydrogen) atoms. The standard InChI is InChI=1S/C26H26FNO3S/c1-15-23(26(30)31-19-5-2-3-6-19)24(16-8-10-18(27)11-9-16)25-20(28-15)13-17(14-21(25)29)22-7-4-12-32-22/h4,7-12,17,19,24,28H,2-3,5-6,13-14H2,1H3/t17-,24+/m0/s1. The Hall–Kier alpha value is -2.73. The predicted molar refractivity (Wildman–Crippen MR) is 122 cm³/mol. The molecule has 3 aliphatic rings. The molecule has 5 rings (SSSR count). The van der Waals surface area contributed by atoms with Crippen LogP contribution >= 0.6 is 11.3 Å². The number of carbonyl (C=O) groups is 2. The zero-order valence-corrected chi connectivity index (χ0v) is 18.8. The highest BCUT2D eigenvalue weighted by Gasteiger charge is 2.42. The molecule has 4 nitrogen and oxygen atoms in total. The maximum Gasteiger partial charge on any atom is 0.337 e. The Bertz CT molecular complexity index is 1090. The molecule has 0 bridgehead atoms. The Morgan fingerprint density at radius 3 is 2.56 bits per heavy atom. The van der Waals surface area contributed by atoms with Crippen molar-refractivity contribution in [2.24, 2.45) is 0 Å². The quantitative estimate of drug-likeness (QED) is 0.603. The molecule has 0 radical (unpaired) electrons. The molecule has 0 unspecified atom stereocenters. The van der Waals surface area contributed by atoms with Crippen molar-refractivity contribution >= 4 is 23.1 Å². The zero-order valence-electron chi connectivity index (χ0n) is 18.0. The minimum atomic E-state index is -0.544. The SMILES string of the molecule is CC1=C(C(=O)OC2CCCC2)[C@@H](c2ccc(F)cc2)C2=C(C[C@H](c3cccs3)CC2=O)N1. The fourth-order valence-electron chi connectivity index (χ4n) is 5.24. The maximum absolute atomic E-state index is 13.7. The number of carbonyl (C=O) groups excluding carboxylic acids is 2. The molecule has 0 amide bonds. The highest BCUT2D eigenvalue weighted by molar-refractivity contribution is 7.10. The van der Waals surface area contributed by atoms with Gasteiger partial charge in [-0.05, 0) is 68.2 Å². The molecule has 1 aliphatic heterocycles. The number of benzene rings is 1. The first-order valence-corrected chi connectivity index (χ1v) is 12.1. The van der Waals surface area contributed by atoms with Gasteiger partial charge in [-0.2, -0.15) is 0 Å². The third-order valence-corrected chi connectivity index (χ3v) is 7.81. The van der Waals surface area contributed by atoms with Crippen molar-refractivity contribution < 1.29 is 18.7 Å². The van der Waals surface area contributed by atoms with E-state index in [0.29, 0.717) is 29.7 Å². The highest BCUT2D eigenvalue weighted by atomic mass is 32.1. The second kappa shape index (κ2) is 8.66. The van der Waals surface area contributed by atoms with Crippen LogP contribution in [0.15, 0.2) is 64.3 Å². The Kier molecular flexibility index (Phi) is 5.72. The lowest BCUT2D eigenvalue weighted by atomic mass is 9.72. The number of thiophene rings is 1. The summed E-state index contributed by atoms with van der Waals surface area (Å²) in [6.07, 6.45) is 4.92. The summed E-state index contributed by atoms with van der Waals surface area (Å²) in [6, 6.07) is 10.2. The van der Waals surface area contributed by atoms with E-state index in [2.05, 4.69) is 11.4 Å². The number of hydrogen-bond acceptors (Lipinski definition) is 5. The van der Waals surface area contributed by atoms with E-state index in [1.165, 1.54) is 17.0 Å². The third kappa shape index (κ3) is 3.92. The summed E-state index contributed by atoms with van der Waals surface area (Å²) < 4.78 is 19.5. The lowest BCUT2D eigenvalue weighted by Gasteiger charge is -2.36. The number of ether oxygens (including phenoxy) is 1. The summed E-state index contributed by atoms with van der Waals surface area (Å²) >= 11 is 1.66. The number of esters is 1. The average Bonchev–Trinajstić information content (AvgIpc) is 3.47. The summed E-state index contributed by atoms with van der Waals surface area (Å²) in [4.78, 5) is 28.0. The van der Waals surface area contributed by atoms with Crippen molar-refractivity contribution in [3.05, 3.63) is 80.6 Å². The van der Waals surface area contributed by atoms with Crippen molar-refractivity contribution in [3.63, 3.8) is 0 Å². The fraction of sp³-hybridized carbons (Fsp3) is 0.385. The van der Waals surface area contributed by atoms with Gasteiger partial charge in [-0.25, -0.2) is 9.18 Å². The van der Waals surface area contributed by atoms with E-state index in [1.54, 1.807) is 23.5 Å². The summed E-state index contributed by atoms with van der Waals surface area (Å²) in [7, 11) is 0. The molecule has 6 heteroatoms. The van der Waals surface area contributed by atoms with Gasteiger partial charge in [-0.3, -0.25) is 4.79 Å². The van der Waals surface area contributed by atoms with Gasteiger partial charge in [0.1, 0.15) is 11.9 Å². The second-order valence-electron chi connectivity index (χ2n) is 8.90. The molecule has 1 fully saturated rings. The molecule has 2 heterocycles. The largest absolute Gasteiger partial charge is 0.459 e. The first-order chi connectivity index (χ1) is 15.5. The number of ketones is 1. The molecular weight excluding hydrogens is 425 g/mol. The lowest BCUT2D eigenvalue weighted by Crippen LogP contribution is -2.36. The number of nitrogens with one attached hydrogen (secondary N) is 1. The van der Waals surface area contributed by atoms with Gasteiger partial charge in [0.25, 0.3) is 0 Å². The fourth-order valence-corrected chi connectivity index (χ4v) is 6.07. The topological polar surface area (TPSA) is 55.4 Å². The number of dihydropyridines is 1. The van der Waals surface area contributed by atoms with Gasteiger partial charge in [0.15, 0.2) is 5.78 Å². The van der Waals surface area contributed by atoms with Gasteiger partial charge in [-0.15, -0.1) is 11.3 Å². The van der Waals surface area contributed by atoms with Gasteiger partial charge in [-0.1, -0.05) is 18.2 Å². The summed E-state index contributed by atoms with van der Waals surface area (Å²) in [5, 5.41) is 5.41. The molecule has 2 atom stereocenters. The van der Waals surface area contributed by atoms with E-state index in [-0.39, 0.29) is 29.6 Å². The van der Waals surface area contributed by atoms with E-state index >= 15 is 0 Å². The molecule has 2 aliphatic carbocycles. The first kappa shape index (κ1) is 21.1. The first-order valence-electron chi connectivity index (χ1n) is 11.2. The van der Waals surface area contributed by atoms with Gasteiger partial charge >= 0.3 is 5.97 Å². The van der Waals surface area contributed by atoms with Gasteiger partial charge in [0.05, 0.1) is 5.57 Å². The molecular formula is C26H26FNO3S. The lowest BCUT2D eigenvalue weighted by molar-refractivity contribution is -0.144. The molecule has 1 N–H and O–H groups in total. The van der Waals surface area contributed by atoms with Crippen LogP contribution in [0.4, 0.5) is 4.39 Å². The number of halogens is 1. The number of rotatable bonds is 4. The second-order valence-corrected chi connectivity index (χ2v) is 9.88. The van der Waals surface area contributed by atoms with Crippen LogP contribution in [0.25, 0.3) is 0 Å². The summed E-state index contributed by atoms with van der Waals surface area (Å²) in [5.41, 5.74) is 3.39. The van der Waals surface area contributed by atoms with E-state index < -0.39 is 5.92 Å². The van der Waals surface area contributed by atoms with Crippen molar-refractivity contribution in [1.29, 1.82) is 0 Å². The van der Waals surface area contributed by atoms with Crippen molar-refractivity contribution in [3.8, 4) is 0 Å². The molecule has 1 aromatic heterocycles. The van der Waals surface area contributed by atoms with Gasteiger partial charge < -0.3 is 10.1 Å². The molecule has 1 aromatic carbocycles. The molecule has 1 saturated carbocycles. The van der Waals surface area contributed by atoms with Gasteiger partial charge in [0, 0.05) is 40.1 Å². The Morgan fingerprint density at radius 1 is 1.12 bits per heavy atom. The summed E-state index contributed by atoms with van der Waals surface area (Å²) in [6.45, 7) is 1.87. The van der Waals surface area contributed by atoms with Crippen LogP contribution < -0.4 is 5.32 Å². The highest BCUT2D eigenvalue weighted by Crippen LogP contribution is 2.46. The van der Waals surface area contributed by atoms with E-state index in [9.17, 15) is 14.0 Å². The Morgan fingerprint density at radius 2 is 1.88 bits per heavy atom. The zero-order chi connectivity index (χ0) is 22.2. The van der Waals surface area contributed by atoms with E-state index in [0.717, 1.165) is 36.9 Å². The molecule has 0 saturated heterocycles. The smallest absolute Gasteiger partial charge is 0.337 e. The van der Waals surface area contributed by atoms with Crippen LogP contribution in [0.3, 0.4) is 0 Å². The Labute approximate surface area is 191 Å². The van der Waals surface area contributed by atoms with Crippen LogP contribution in [0.1, 0.15) is 67.7 Å². The van der Waals surface area contributed by atoms with Crippen LogP contribution in [-0.4, -0.2) is 17.9 Å². The number of hydrogen-bond donors (Lipinski definition) is 1. The molecule has 2 aromatic rings. The predicted octanol–water partition coefficient (Wildman–Crippen LogP) is 5.73. The average molecular weight is 452 g/mol. The molecule has 166 valence electrons. The minimum Gasteiger partial charge on any atom is -0.459 e. The monoisotopic (exact) mass is 451 g/mol. The van der Waals surface area contributed by atoms with Gasteiger partial charge in [0.2, 0.25) is 0 Å². The van der Waals surface area contributed by atoms with E-state index in [1.807, 2.05) is 18.4 Å². The van der Waals surface area contributed by atoms with Crippen LogP contribution in [0, 0.1) is 5.82 Å². The minimum absolute atomic E-state index is 0.0325. The normalized spacial score (nSPS) is 23.9. The van der Waals surface area contributed by atoms with Crippen molar-refractivity contribution in [2.75, 3.05) is 0 Å². The molecule has 0 spiro atoms. The van der Waals surface area contributed by atoms with E-state index in [4.69, 9.17) is 4.74 Å². The Balaban J connectivity index is 1.54. The van der Waals surface area contributed by atoms with Crippen LogP contribution in [0.2, 0.25) is 0 Å². The third-order valence-electron chi connectivity index (χ3n) is 6.77. The number of Topliss-reactive ketones (excluding diaryl/α,β-unsaturated/α-hetero) is 1.